The lowest BCUT2D eigenvalue weighted by molar-refractivity contribution is -0.118. The monoisotopic (exact) mass is 495 g/mol. The number of halogens is 1. The van der Waals surface area contributed by atoms with E-state index in [4.69, 9.17) is 0 Å². The molecule has 31 heavy (non-hydrogen) atoms. The average Bonchev–Trinajstić information content (AvgIpc) is 3.14. The van der Waals surface area contributed by atoms with Gasteiger partial charge in [-0.05, 0) is 22.9 Å². The molecule has 0 saturated heterocycles. The van der Waals surface area contributed by atoms with Crippen molar-refractivity contribution in [3.8, 4) is 17.1 Å². The minimum Gasteiger partial charge on any atom is -0.507 e. The van der Waals surface area contributed by atoms with Gasteiger partial charge in [-0.1, -0.05) is 76.2 Å². The van der Waals surface area contributed by atoms with Gasteiger partial charge in [-0.3, -0.25) is 4.79 Å². The molecule has 0 aliphatic heterocycles. The van der Waals surface area contributed by atoms with Crippen LogP contribution in [0.4, 0.5) is 0 Å². The number of benzene rings is 3. The highest BCUT2D eigenvalue weighted by molar-refractivity contribution is 9.10. The maximum atomic E-state index is 12.2. The summed E-state index contributed by atoms with van der Waals surface area (Å²) in [4.78, 5) is 12.2. The fraction of sp³-hybridized carbons (Fsp3) is 0.0909. The number of nitrogens with zero attached hydrogens (tertiary/aromatic N) is 4. The molecule has 0 radical (unpaired) electrons. The van der Waals surface area contributed by atoms with Gasteiger partial charge in [-0.25, -0.2) is 5.43 Å². The van der Waals surface area contributed by atoms with E-state index in [1.54, 1.807) is 6.07 Å². The molecule has 4 aromatic rings. The number of amides is 1. The molecule has 156 valence electrons. The number of rotatable bonds is 6. The lowest BCUT2D eigenvalue weighted by atomic mass is 10.0. The summed E-state index contributed by atoms with van der Waals surface area (Å²) in [7, 11) is 1.86. The second-order valence-electron chi connectivity index (χ2n) is 6.65. The van der Waals surface area contributed by atoms with Gasteiger partial charge in [0.25, 0.3) is 5.91 Å². The number of aromatic hydroxyl groups is 1. The minimum absolute atomic E-state index is 0.102. The van der Waals surface area contributed by atoms with Gasteiger partial charge in [-0.15, -0.1) is 10.2 Å². The SMILES string of the molecule is Cn1c(SCC(=O)NN=Cc2c(O)ccc3ccccc23)nnc1-c1ccccc1Br. The number of fused-ring (bicyclic) bond motifs is 1. The number of thioether (sulfide) groups is 1. The quantitative estimate of drug-likeness (QED) is 0.235. The van der Waals surface area contributed by atoms with E-state index in [0.717, 1.165) is 20.8 Å². The number of aromatic nitrogens is 3. The van der Waals surface area contributed by atoms with Gasteiger partial charge in [0, 0.05) is 22.6 Å². The number of hydrogen-bond acceptors (Lipinski definition) is 6. The first-order chi connectivity index (χ1) is 15.0. The standard InChI is InChI=1S/C22H18BrN5O2S/c1-28-21(16-8-4-5-9-18(16)23)26-27-22(28)31-13-20(30)25-24-12-17-15-7-3-2-6-14(15)10-11-19(17)29/h2-12,29H,13H2,1H3,(H,25,30). The van der Waals surface area contributed by atoms with Crippen LogP contribution in [0.1, 0.15) is 5.56 Å². The zero-order valence-electron chi connectivity index (χ0n) is 16.5. The van der Waals surface area contributed by atoms with Gasteiger partial charge in [0.15, 0.2) is 11.0 Å². The molecule has 0 spiro atoms. The summed E-state index contributed by atoms with van der Waals surface area (Å²) in [6, 6.07) is 18.9. The number of nitrogens with one attached hydrogen (secondary N) is 1. The molecule has 1 amide bonds. The average molecular weight is 496 g/mol. The molecule has 4 rings (SSSR count). The predicted molar refractivity (Wildman–Crippen MR) is 126 cm³/mol. The van der Waals surface area contributed by atoms with Crippen LogP contribution >= 0.6 is 27.7 Å². The number of carbonyl (C=O) groups excluding carboxylic acids is 1. The summed E-state index contributed by atoms with van der Waals surface area (Å²) in [5.41, 5.74) is 3.97. The fourth-order valence-corrected chi connectivity index (χ4v) is 4.23. The molecule has 3 aromatic carbocycles. The highest BCUT2D eigenvalue weighted by Gasteiger charge is 2.14. The van der Waals surface area contributed by atoms with E-state index in [1.165, 1.54) is 18.0 Å². The summed E-state index contributed by atoms with van der Waals surface area (Å²) in [6.07, 6.45) is 1.45. The zero-order valence-corrected chi connectivity index (χ0v) is 18.9. The molecule has 0 unspecified atom stereocenters. The van der Waals surface area contributed by atoms with E-state index >= 15 is 0 Å². The highest BCUT2D eigenvalue weighted by Crippen LogP contribution is 2.28. The number of phenolic OH excluding ortho intramolecular Hbond substituents is 1. The molecular formula is C22H18BrN5O2S. The van der Waals surface area contributed by atoms with Crippen molar-refractivity contribution in [3.05, 3.63) is 70.7 Å². The Balaban J connectivity index is 1.40. The first kappa shape index (κ1) is 21.1. The Hall–Kier alpha value is -3.17. The lowest BCUT2D eigenvalue weighted by Crippen LogP contribution is -2.20. The van der Waals surface area contributed by atoms with Crippen LogP contribution in [0.2, 0.25) is 0 Å². The van der Waals surface area contributed by atoms with Crippen molar-refractivity contribution in [2.75, 3.05) is 5.75 Å². The maximum absolute atomic E-state index is 12.2. The molecule has 1 heterocycles. The molecule has 9 heteroatoms. The minimum atomic E-state index is -0.286. The Labute approximate surface area is 191 Å². The Bertz CT molecular complexity index is 1290. The van der Waals surface area contributed by atoms with Crippen LogP contribution in [0.25, 0.3) is 22.2 Å². The van der Waals surface area contributed by atoms with Crippen LogP contribution in [0, 0.1) is 0 Å². The zero-order chi connectivity index (χ0) is 21.8. The van der Waals surface area contributed by atoms with E-state index in [9.17, 15) is 9.90 Å². The van der Waals surface area contributed by atoms with Crippen molar-refractivity contribution in [2.45, 2.75) is 5.16 Å². The molecular weight excluding hydrogens is 478 g/mol. The molecule has 0 bridgehead atoms. The van der Waals surface area contributed by atoms with Crippen molar-refractivity contribution in [1.82, 2.24) is 20.2 Å². The van der Waals surface area contributed by atoms with Gasteiger partial charge < -0.3 is 9.67 Å². The molecule has 0 fully saturated rings. The van der Waals surface area contributed by atoms with Gasteiger partial charge in [-0.2, -0.15) is 5.10 Å². The summed E-state index contributed by atoms with van der Waals surface area (Å²) in [5, 5.41) is 25.0. The number of phenols is 1. The van der Waals surface area contributed by atoms with Gasteiger partial charge in [0.05, 0.1) is 12.0 Å². The van der Waals surface area contributed by atoms with Crippen LogP contribution in [-0.4, -0.2) is 37.7 Å². The van der Waals surface area contributed by atoms with E-state index in [1.807, 2.05) is 66.2 Å². The van der Waals surface area contributed by atoms with Crippen LogP contribution in [0.15, 0.2) is 75.4 Å². The van der Waals surface area contributed by atoms with E-state index in [-0.39, 0.29) is 17.4 Å². The Kier molecular flexibility index (Phi) is 6.34. The van der Waals surface area contributed by atoms with Crippen LogP contribution in [-0.2, 0) is 11.8 Å². The van der Waals surface area contributed by atoms with Crippen LogP contribution < -0.4 is 5.43 Å². The normalized spacial score (nSPS) is 11.3. The molecule has 1 aromatic heterocycles. The fourth-order valence-electron chi connectivity index (χ4n) is 3.07. The van der Waals surface area contributed by atoms with Gasteiger partial charge in [0.2, 0.25) is 0 Å². The molecule has 0 saturated carbocycles. The summed E-state index contributed by atoms with van der Waals surface area (Å²) < 4.78 is 2.76. The number of carbonyl (C=O) groups is 1. The molecule has 2 N–H and O–H groups in total. The van der Waals surface area contributed by atoms with Crippen molar-refractivity contribution < 1.29 is 9.90 Å². The molecule has 0 aliphatic rings. The smallest absolute Gasteiger partial charge is 0.250 e. The predicted octanol–water partition coefficient (Wildman–Crippen LogP) is 4.35. The van der Waals surface area contributed by atoms with E-state index in [0.29, 0.717) is 16.5 Å². The number of hydrazone groups is 1. The Morgan fingerprint density at radius 3 is 2.77 bits per heavy atom. The number of hydrogen-bond donors (Lipinski definition) is 2. The largest absolute Gasteiger partial charge is 0.507 e. The van der Waals surface area contributed by atoms with Crippen molar-refractivity contribution in [1.29, 1.82) is 0 Å². The second kappa shape index (κ2) is 9.32. The third-order valence-electron chi connectivity index (χ3n) is 4.61. The lowest BCUT2D eigenvalue weighted by Gasteiger charge is -2.06. The highest BCUT2D eigenvalue weighted by atomic mass is 79.9. The summed E-state index contributed by atoms with van der Waals surface area (Å²) in [6.45, 7) is 0. The van der Waals surface area contributed by atoms with Crippen molar-refractivity contribution >= 4 is 50.6 Å². The third-order valence-corrected chi connectivity index (χ3v) is 6.32. The van der Waals surface area contributed by atoms with Gasteiger partial charge in [0.1, 0.15) is 5.75 Å². The van der Waals surface area contributed by atoms with Gasteiger partial charge >= 0.3 is 0 Å². The first-order valence-electron chi connectivity index (χ1n) is 9.34. The third kappa shape index (κ3) is 4.62. The van der Waals surface area contributed by atoms with Crippen molar-refractivity contribution in [2.24, 2.45) is 12.1 Å². The van der Waals surface area contributed by atoms with Crippen LogP contribution in [0.3, 0.4) is 0 Å². The summed E-state index contributed by atoms with van der Waals surface area (Å²) >= 11 is 4.79. The summed E-state index contributed by atoms with van der Waals surface area (Å²) in [5.74, 6) is 0.650. The van der Waals surface area contributed by atoms with E-state index < -0.39 is 0 Å². The Morgan fingerprint density at radius 1 is 1.16 bits per heavy atom. The molecule has 7 nitrogen and oxygen atoms in total. The molecule has 0 atom stereocenters. The molecule has 0 aliphatic carbocycles. The van der Waals surface area contributed by atoms with Crippen molar-refractivity contribution in [3.63, 3.8) is 0 Å². The second-order valence-corrected chi connectivity index (χ2v) is 8.44. The maximum Gasteiger partial charge on any atom is 0.250 e. The van der Waals surface area contributed by atoms with E-state index in [2.05, 4.69) is 36.7 Å². The Morgan fingerprint density at radius 2 is 1.94 bits per heavy atom. The topological polar surface area (TPSA) is 92.4 Å². The van der Waals surface area contributed by atoms with Crippen LogP contribution in [0.5, 0.6) is 5.75 Å². The first-order valence-corrected chi connectivity index (χ1v) is 11.1.